The fraction of sp³-hybridized carbons (Fsp3) is 0.440. The van der Waals surface area contributed by atoms with Crippen LogP contribution in [0.3, 0.4) is 0 Å². The average molecular weight is 503 g/mol. The minimum Gasteiger partial charge on any atom is -0.457 e. The molecule has 1 amide bonds. The van der Waals surface area contributed by atoms with Crippen LogP contribution in [0.25, 0.3) is 0 Å². The largest absolute Gasteiger partial charge is 0.457 e. The Hall–Kier alpha value is -2.38. The molecule has 3 rings (SSSR count). The Kier molecular flexibility index (Phi) is 7.96. The van der Waals surface area contributed by atoms with Gasteiger partial charge in [0.15, 0.2) is 0 Å². The zero-order valence-corrected chi connectivity index (χ0v) is 20.7. The highest BCUT2D eigenvalue weighted by Crippen LogP contribution is 2.21. The van der Waals surface area contributed by atoms with Crippen LogP contribution in [0.5, 0.6) is 0 Å². The predicted octanol–water partition coefficient (Wildman–Crippen LogP) is 5.25. The number of halogens is 1. The molecule has 1 heterocycles. The number of nitrogens with zero attached hydrogens (tertiary/aromatic N) is 2. The third-order valence-corrected chi connectivity index (χ3v) is 5.61. The fourth-order valence-electron chi connectivity index (χ4n) is 3.69. The summed E-state index contributed by atoms with van der Waals surface area (Å²) in [5.41, 5.74) is 1.98. The molecule has 172 valence electrons. The number of ether oxygens (including phenoxy) is 2. The van der Waals surface area contributed by atoms with E-state index in [1.54, 1.807) is 11.0 Å². The highest BCUT2D eigenvalue weighted by molar-refractivity contribution is 9.10. The van der Waals surface area contributed by atoms with Crippen LogP contribution in [0, 0.1) is 0 Å². The minimum atomic E-state index is -0.504. The lowest BCUT2D eigenvalue weighted by Crippen LogP contribution is -2.54. The normalized spacial score (nSPS) is 17.2. The van der Waals surface area contributed by atoms with Crippen molar-refractivity contribution < 1.29 is 19.1 Å². The van der Waals surface area contributed by atoms with Crippen molar-refractivity contribution in [2.24, 2.45) is 0 Å². The first kappa shape index (κ1) is 24.3. The van der Waals surface area contributed by atoms with Gasteiger partial charge < -0.3 is 14.4 Å². The maximum Gasteiger partial charge on any atom is 0.410 e. The molecular weight excluding hydrogens is 472 g/mol. The van der Waals surface area contributed by atoms with Crippen LogP contribution in [-0.2, 0) is 22.6 Å². The summed E-state index contributed by atoms with van der Waals surface area (Å²) in [5.74, 6) is -0.348. The molecule has 0 N–H and O–H groups in total. The molecule has 1 aliphatic heterocycles. The Balaban J connectivity index is 1.59. The molecule has 32 heavy (non-hydrogen) atoms. The van der Waals surface area contributed by atoms with Gasteiger partial charge in [-0.05, 0) is 57.0 Å². The lowest BCUT2D eigenvalue weighted by Gasteiger charge is -2.40. The summed E-state index contributed by atoms with van der Waals surface area (Å²) in [5, 5.41) is 0. The maximum absolute atomic E-state index is 12.6. The van der Waals surface area contributed by atoms with E-state index in [2.05, 4.69) is 20.8 Å². The summed E-state index contributed by atoms with van der Waals surface area (Å²) in [4.78, 5) is 29.1. The van der Waals surface area contributed by atoms with E-state index in [0.29, 0.717) is 18.7 Å². The van der Waals surface area contributed by atoms with E-state index in [1.165, 1.54) is 0 Å². The molecule has 1 fully saturated rings. The van der Waals surface area contributed by atoms with Gasteiger partial charge in [0.25, 0.3) is 0 Å². The highest BCUT2D eigenvalue weighted by Gasteiger charge is 2.30. The van der Waals surface area contributed by atoms with Crippen LogP contribution in [0.1, 0.15) is 49.2 Å². The molecule has 0 spiro atoms. The van der Waals surface area contributed by atoms with E-state index in [9.17, 15) is 9.59 Å². The maximum atomic E-state index is 12.6. The predicted molar refractivity (Wildman–Crippen MR) is 127 cm³/mol. The molecule has 0 bridgehead atoms. The van der Waals surface area contributed by atoms with E-state index in [-0.39, 0.29) is 24.7 Å². The summed E-state index contributed by atoms with van der Waals surface area (Å²) in [6, 6.07) is 15.3. The third-order valence-electron chi connectivity index (χ3n) is 5.15. The van der Waals surface area contributed by atoms with Crippen molar-refractivity contribution >= 4 is 28.0 Å². The van der Waals surface area contributed by atoms with Crippen molar-refractivity contribution in [3.63, 3.8) is 0 Å². The summed E-state index contributed by atoms with van der Waals surface area (Å²) in [6.07, 6.45) is -0.268. The second-order valence-electron chi connectivity index (χ2n) is 9.17. The molecule has 0 aromatic heterocycles. The number of piperazine rings is 1. The zero-order valence-electron chi connectivity index (χ0n) is 19.1. The van der Waals surface area contributed by atoms with Crippen LogP contribution < -0.4 is 0 Å². The number of benzene rings is 2. The average Bonchev–Trinajstić information content (AvgIpc) is 2.71. The quantitative estimate of drug-likeness (QED) is 0.522. The van der Waals surface area contributed by atoms with E-state index in [4.69, 9.17) is 9.47 Å². The lowest BCUT2D eigenvalue weighted by molar-refractivity contribution is 0.000519. The van der Waals surface area contributed by atoms with Gasteiger partial charge >= 0.3 is 12.1 Å². The van der Waals surface area contributed by atoms with Gasteiger partial charge in [-0.3, -0.25) is 4.90 Å². The van der Waals surface area contributed by atoms with Crippen LogP contribution in [0.2, 0.25) is 0 Å². The van der Waals surface area contributed by atoms with E-state index in [1.807, 2.05) is 70.2 Å². The highest BCUT2D eigenvalue weighted by atomic mass is 79.9. The smallest absolute Gasteiger partial charge is 0.410 e. The summed E-state index contributed by atoms with van der Waals surface area (Å²) < 4.78 is 11.8. The first-order valence-corrected chi connectivity index (χ1v) is 11.6. The summed E-state index contributed by atoms with van der Waals surface area (Å²) >= 11 is 3.51. The molecule has 0 radical (unpaired) electrons. The van der Waals surface area contributed by atoms with Crippen molar-refractivity contribution in [3.05, 3.63) is 69.7 Å². The van der Waals surface area contributed by atoms with Gasteiger partial charge in [0, 0.05) is 36.7 Å². The Morgan fingerprint density at radius 2 is 1.78 bits per heavy atom. The molecule has 1 aliphatic rings. The first-order valence-electron chi connectivity index (χ1n) is 10.8. The monoisotopic (exact) mass is 502 g/mol. The number of carbonyl (C=O) groups is 2. The Bertz CT molecular complexity index is 943. The second-order valence-corrected chi connectivity index (χ2v) is 10.1. The van der Waals surface area contributed by atoms with Crippen LogP contribution >= 0.6 is 15.9 Å². The van der Waals surface area contributed by atoms with Crippen molar-refractivity contribution in [2.45, 2.75) is 52.5 Å². The van der Waals surface area contributed by atoms with E-state index < -0.39 is 5.60 Å². The van der Waals surface area contributed by atoms with Crippen LogP contribution in [0.15, 0.2) is 53.0 Å². The van der Waals surface area contributed by atoms with Crippen molar-refractivity contribution in [2.75, 3.05) is 19.6 Å². The minimum absolute atomic E-state index is 0.0426. The fourth-order valence-corrected chi connectivity index (χ4v) is 4.23. The molecule has 6 nitrogen and oxygen atoms in total. The Morgan fingerprint density at radius 1 is 1.06 bits per heavy atom. The van der Waals surface area contributed by atoms with Crippen molar-refractivity contribution in [3.8, 4) is 0 Å². The number of esters is 1. The zero-order chi connectivity index (χ0) is 23.3. The van der Waals surface area contributed by atoms with Crippen LogP contribution in [0.4, 0.5) is 4.79 Å². The first-order chi connectivity index (χ1) is 15.1. The van der Waals surface area contributed by atoms with Crippen molar-refractivity contribution in [1.29, 1.82) is 0 Å². The van der Waals surface area contributed by atoms with Gasteiger partial charge in [0.1, 0.15) is 12.2 Å². The van der Waals surface area contributed by atoms with Gasteiger partial charge in [-0.2, -0.15) is 0 Å². The van der Waals surface area contributed by atoms with Gasteiger partial charge in [0.05, 0.1) is 5.56 Å². The molecule has 2 aromatic carbocycles. The molecular formula is C25H31BrN2O4. The van der Waals surface area contributed by atoms with Crippen molar-refractivity contribution in [1.82, 2.24) is 9.80 Å². The number of amides is 1. The van der Waals surface area contributed by atoms with E-state index in [0.717, 1.165) is 28.7 Å². The molecule has 2 aromatic rings. The topological polar surface area (TPSA) is 59.1 Å². The standard InChI is InChI=1S/C25H31BrN2O4/c1-18-15-27(10-11-28(18)24(30)32-25(2,3)4)16-20-12-21(14-22(26)13-20)23(29)31-17-19-8-6-5-7-9-19/h5-9,12-14,18H,10-11,15-17H2,1-4H3. The van der Waals surface area contributed by atoms with Crippen LogP contribution in [-0.4, -0.2) is 53.1 Å². The van der Waals surface area contributed by atoms with Gasteiger partial charge in [-0.15, -0.1) is 0 Å². The summed E-state index contributed by atoms with van der Waals surface area (Å²) in [6.45, 7) is 10.7. The van der Waals surface area contributed by atoms with Gasteiger partial charge in [-0.1, -0.05) is 46.3 Å². The number of carbonyl (C=O) groups excluding carboxylic acids is 2. The molecule has 1 unspecified atom stereocenters. The Labute approximate surface area is 198 Å². The molecule has 1 saturated heterocycles. The number of hydrogen-bond donors (Lipinski definition) is 0. The van der Waals surface area contributed by atoms with Gasteiger partial charge in [0.2, 0.25) is 0 Å². The number of hydrogen-bond acceptors (Lipinski definition) is 5. The third kappa shape index (κ3) is 7.07. The molecule has 0 saturated carbocycles. The molecule has 1 atom stereocenters. The second kappa shape index (κ2) is 10.5. The lowest BCUT2D eigenvalue weighted by atomic mass is 10.1. The van der Waals surface area contributed by atoms with Gasteiger partial charge in [-0.25, -0.2) is 9.59 Å². The molecule has 7 heteroatoms. The SMILES string of the molecule is CC1CN(Cc2cc(Br)cc(C(=O)OCc3ccccc3)c2)CCN1C(=O)OC(C)(C)C. The molecule has 0 aliphatic carbocycles. The van der Waals surface area contributed by atoms with E-state index >= 15 is 0 Å². The Morgan fingerprint density at radius 3 is 2.44 bits per heavy atom. The summed E-state index contributed by atoms with van der Waals surface area (Å²) in [7, 11) is 0. The number of rotatable bonds is 5.